The first kappa shape index (κ1) is 32.8. The van der Waals surface area contributed by atoms with Gasteiger partial charge in [0.1, 0.15) is 12.1 Å². The summed E-state index contributed by atoms with van der Waals surface area (Å²) in [6.45, 7) is 0. The highest BCUT2D eigenvalue weighted by atomic mass is 31.1. The minimum atomic E-state index is -1.12. The summed E-state index contributed by atoms with van der Waals surface area (Å²) in [6.07, 6.45) is -0.494. The summed E-state index contributed by atoms with van der Waals surface area (Å²) < 4.78 is 13.9. The van der Waals surface area contributed by atoms with Crippen molar-refractivity contribution in [2.24, 2.45) is 9.98 Å². The first-order chi connectivity index (χ1) is 26.3. The first-order valence-electron chi connectivity index (χ1n) is 18.0. The highest BCUT2D eigenvalue weighted by molar-refractivity contribution is 7.80. The van der Waals surface area contributed by atoms with Crippen molar-refractivity contribution >= 4 is 35.6 Å². The Morgan fingerprint density at radius 3 is 1.06 bits per heavy atom. The van der Waals surface area contributed by atoms with Gasteiger partial charge >= 0.3 is 0 Å². The van der Waals surface area contributed by atoms with Crippen molar-refractivity contribution in [1.29, 1.82) is 0 Å². The second-order valence-corrected chi connectivity index (χ2v) is 15.3. The Balaban J connectivity index is 1.17. The monoisotopic (exact) mass is 704 g/mol. The number of hydrogen-bond acceptors (Lipinski definition) is 4. The van der Waals surface area contributed by atoms with E-state index >= 15 is 0 Å². The lowest BCUT2D eigenvalue weighted by atomic mass is 9.97. The third-order valence-corrected chi connectivity index (χ3v) is 12.4. The van der Waals surface area contributed by atoms with Crippen LogP contribution >= 0.6 is 7.92 Å². The molecule has 0 N–H and O–H groups in total. The van der Waals surface area contributed by atoms with Crippen LogP contribution in [0.5, 0.6) is 0 Å². The number of ether oxygens (including phenoxy) is 2. The maximum absolute atomic E-state index is 6.93. The Morgan fingerprint density at radius 2 is 0.660 bits per heavy atom. The highest BCUT2D eigenvalue weighted by Crippen LogP contribution is 2.45. The third kappa shape index (κ3) is 6.59. The molecule has 53 heavy (non-hydrogen) atoms. The maximum Gasteiger partial charge on any atom is 0.218 e. The summed E-state index contributed by atoms with van der Waals surface area (Å²) in [5.74, 6) is 1.32. The van der Waals surface area contributed by atoms with Gasteiger partial charge in [-0.1, -0.05) is 188 Å². The van der Waals surface area contributed by atoms with E-state index in [9.17, 15) is 0 Å². The molecule has 4 atom stereocenters. The standard InChI is InChI=1S/C48H37N2O2P/c1-6-20-34(21-7-1)43-45(36-24-10-3-11-25-36)51-47(49-43)39-30-16-18-32-41(39)53(38-28-14-5-15-29-38)42-33-19-17-31-40(42)48-50-44(35-22-8-2-9-23-35)46(52-48)37-26-12-4-13-27-37/h1-33,43-46H/t43-,44-,45-,46-/m0/s1. The minimum Gasteiger partial charge on any atom is -0.467 e. The van der Waals surface area contributed by atoms with E-state index in [-0.39, 0.29) is 24.3 Å². The van der Waals surface area contributed by atoms with Crippen molar-refractivity contribution < 1.29 is 9.47 Å². The van der Waals surface area contributed by atoms with Crippen LogP contribution in [0.2, 0.25) is 0 Å². The second-order valence-electron chi connectivity index (χ2n) is 13.2. The molecule has 256 valence electrons. The Hall–Kier alpha value is -6.09. The summed E-state index contributed by atoms with van der Waals surface area (Å²) in [5.41, 5.74) is 6.45. The fourth-order valence-corrected chi connectivity index (χ4v) is 9.93. The number of nitrogens with zero attached hydrogens (tertiary/aromatic N) is 2. The van der Waals surface area contributed by atoms with Gasteiger partial charge < -0.3 is 9.47 Å². The molecule has 7 aromatic carbocycles. The SMILES string of the molecule is c1ccc([C@@H]2N=C(c3ccccc3P(c3ccccc3)c3ccccc3C3=N[C@@H](c4ccccc4)[C@H](c4ccccc4)O3)O[C@H]2c2ccccc2)cc1. The molecule has 0 amide bonds. The van der Waals surface area contributed by atoms with Gasteiger partial charge in [-0.25, -0.2) is 9.98 Å². The van der Waals surface area contributed by atoms with Crippen LogP contribution in [0.25, 0.3) is 0 Å². The van der Waals surface area contributed by atoms with Crippen LogP contribution in [0.1, 0.15) is 57.7 Å². The molecule has 0 aromatic heterocycles. The van der Waals surface area contributed by atoms with E-state index < -0.39 is 7.92 Å². The number of rotatable bonds is 9. The largest absolute Gasteiger partial charge is 0.467 e. The average molecular weight is 705 g/mol. The molecule has 2 aliphatic rings. The van der Waals surface area contributed by atoms with Gasteiger partial charge in [-0.3, -0.25) is 0 Å². The maximum atomic E-state index is 6.93. The molecule has 0 unspecified atom stereocenters. The lowest BCUT2D eigenvalue weighted by molar-refractivity contribution is 0.197. The third-order valence-electron chi connectivity index (χ3n) is 9.87. The molecule has 0 aliphatic carbocycles. The molecule has 0 spiro atoms. The summed E-state index contributed by atoms with van der Waals surface area (Å²) in [4.78, 5) is 10.7. The molecular formula is C48H37N2O2P. The van der Waals surface area contributed by atoms with E-state index in [2.05, 4.69) is 176 Å². The second kappa shape index (κ2) is 14.9. The Labute approximate surface area is 311 Å². The van der Waals surface area contributed by atoms with Crippen molar-refractivity contribution in [2.75, 3.05) is 0 Å². The molecule has 7 aromatic rings. The van der Waals surface area contributed by atoms with E-state index in [0.717, 1.165) is 33.4 Å². The molecular weight excluding hydrogens is 668 g/mol. The van der Waals surface area contributed by atoms with Crippen LogP contribution in [0.15, 0.2) is 210 Å². The fraction of sp³-hybridized carbons (Fsp3) is 0.0833. The minimum absolute atomic E-state index is 0.178. The Morgan fingerprint density at radius 1 is 0.340 bits per heavy atom. The van der Waals surface area contributed by atoms with Crippen molar-refractivity contribution in [3.8, 4) is 0 Å². The topological polar surface area (TPSA) is 43.2 Å². The first-order valence-corrected chi connectivity index (χ1v) is 19.4. The van der Waals surface area contributed by atoms with Gasteiger partial charge in [-0.15, -0.1) is 0 Å². The van der Waals surface area contributed by atoms with E-state index in [4.69, 9.17) is 19.5 Å². The van der Waals surface area contributed by atoms with Gasteiger partial charge in [-0.05, 0) is 58.2 Å². The van der Waals surface area contributed by atoms with Crippen molar-refractivity contribution in [1.82, 2.24) is 0 Å². The molecule has 0 saturated heterocycles. The molecule has 4 nitrogen and oxygen atoms in total. The van der Waals surface area contributed by atoms with Gasteiger partial charge in [0.25, 0.3) is 0 Å². The van der Waals surface area contributed by atoms with Gasteiger partial charge in [0.2, 0.25) is 11.8 Å². The molecule has 5 heteroatoms. The van der Waals surface area contributed by atoms with Gasteiger partial charge in [-0.2, -0.15) is 0 Å². The number of benzene rings is 7. The lowest BCUT2D eigenvalue weighted by Gasteiger charge is -2.25. The summed E-state index contributed by atoms with van der Waals surface area (Å²) in [5, 5.41) is 3.55. The number of hydrogen-bond donors (Lipinski definition) is 0. The van der Waals surface area contributed by atoms with Crippen LogP contribution in [0.3, 0.4) is 0 Å². The zero-order valence-corrected chi connectivity index (χ0v) is 29.9. The summed E-state index contributed by atoms with van der Waals surface area (Å²) >= 11 is 0. The smallest absolute Gasteiger partial charge is 0.218 e. The fourth-order valence-electron chi connectivity index (χ4n) is 7.35. The van der Waals surface area contributed by atoms with Crippen molar-refractivity contribution in [3.05, 3.63) is 234 Å². The van der Waals surface area contributed by atoms with Crippen LogP contribution < -0.4 is 15.9 Å². The quantitative estimate of drug-likeness (QED) is 0.141. The van der Waals surface area contributed by atoms with E-state index in [0.29, 0.717) is 11.8 Å². The van der Waals surface area contributed by atoms with Crippen LogP contribution in [0.4, 0.5) is 0 Å². The molecule has 9 rings (SSSR count). The lowest BCUT2D eigenvalue weighted by Crippen LogP contribution is -2.29. The summed E-state index contributed by atoms with van der Waals surface area (Å²) in [7, 11) is -1.12. The van der Waals surface area contributed by atoms with Crippen LogP contribution in [-0.4, -0.2) is 11.8 Å². The van der Waals surface area contributed by atoms with Crippen LogP contribution in [0, 0.1) is 0 Å². The van der Waals surface area contributed by atoms with Crippen molar-refractivity contribution in [3.63, 3.8) is 0 Å². The molecule has 2 aliphatic heterocycles. The summed E-state index contributed by atoms with van der Waals surface area (Å²) in [6, 6.07) is 69.4. The zero-order chi connectivity index (χ0) is 35.4. The Kier molecular flexibility index (Phi) is 9.20. The van der Waals surface area contributed by atoms with Gasteiger partial charge in [0.15, 0.2) is 12.2 Å². The molecule has 0 bridgehead atoms. The molecule has 0 radical (unpaired) electrons. The normalized spacial score (nSPS) is 19.3. The predicted molar refractivity (Wildman–Crippen MR) is 217 cm³/mol. The molecule has 0 saturated carbocycles. The molecule has 2 heterocycles. The number of aliphatic imine (C=N–C) groups is 2. The van der Waals surface area contributed by atoms with E-state index in [1.807, 2.05) is 24.3 Å². The van der Waals surface area contributed by atoms with E-state index in [1.54, 1.807) is 0 Å². The molecule has 0 fully saturated rings. The van der Waals surface area contributed by atoms with Gasteiger partial charge in [0.05, 0.1) is 0 Å². The Bertz CT molecular complexity index is 2220. The highest BCUT2D eigenvalue weighted by Gasteiger charge is 2.38. The predicted octanol–water partition coefficient (Wildman–Crippen LogP) is 9.96. The average Bonchev–Trinajstić information content (AvgIpc) is 3.90. The van der Waals surface area contributed by atoms with Crippen LogP contribution in [-0.2, 0) is 9.47 Å². The van der Waals surface area contributed by atoms with Gasteiger partial charge in [0, 0.05) is 11.1 Å². The van der Waals surface area contributed by atoms with Crippen molar-refractivity contribution in [2.45, 2.75) is 24.3 Å². The van der Waals surface area contributed by atoms with E-state index in [1.165, 1.54) is 15.9 Å². The zero-order valence-electron chi connectivity index (χ0n) is 29.0.